The molecule has 0 aliphatic heterocycles. The van der Waals surface area contributed by atoms with Crippen LogP contribution < -0.4 is 0 Å². The number of aromatic nitrogens is 2. The van der Waals surface area contributed by atoms with Gasteiger partial charge in [-0.2, -0.15) is 0 Å². The van der Waals surface area contributed by atoms with Crippen molar-refractivity contribution in [3.05, 3.63) is 58.3 Å². The molecule has 0 bridgehead atoms. The smallest absolute Gasteiger partial charge is 0.123 e. The second kappa shape index (κ2) is 4.67. The van der Waals surface area contributed by atoms with Crippen LogP contribution in [0.5, 0.6) is 0 Å². The fourth-order valence-electron chi connectivity index (χ4n) is 1.36. The first-order valence-electron chi connectivity index (χ1n) is 4.56. The zero-order chi connectivity index (χ0) is 11.5. The normalized spacial score (nSPS) is 12.4. The zero-order valence-corrected chi connectivity index (χ0v) is 9.73. The van der Waals surface area contributed by atoms with Gasteiger partial charge >= 0.3 is 0 Å². The molecule has 1 atom stereocenters. The molecule has 0 aliphatic rings. The molecule has 0 radical (unpaired) electrons. The Hall–Kier alpha value is -1.33. The van der Waals surface area contributed by atoms with Gasteiger partial charge in [-0.3, -0.25) is 0 Å². The van der Waals surface area contributed by atoms with E-state index in [0.29, 0.717) is 15.6 Å². The Kier molecular flexibility index (Phi) is 3.26. The number of aliphatic hydroxyl groups is 1. The third-order valence-electron chi connectivity index (χ3n) is 2.15. The van der Waals surface area contributed by atoms with Crippen LogP contribution in [0, 0.1) is 5.82 Å². The number of rotatable bonds is 2. The van der Waals surface area contributed by atoms with Crippen LogP contribution >= 0.6 is 15.9 Å². The molecule has 1 heterocycles. The molecule has 0 fully saturated rings. The van der Waals surface area contributed by atoms with Gasteiger partial charge in [-0.25, -0.2) is 14.4 Å². The van der Waals surface area contributed by atoms with E-state index in [4.69, 9.17) is 0 Å². The van der Waals surface area contributed by atoms with Gasteiger partial charge < -0.3 is 5.11 Å². The van der Waals surface area contributed by atoms with Crippen LogP contribution in [0.3, 0.4) is 0 Å². The predicted octanol–water partition coefficient (Wildman–Crippen LogP) is 2.46. The van der Waals surface area contributed by atoms with Crippen molar-refractivity contribution in [3.63, 3.8) is 0 Å². The van der Waals surface area contributed by atoms with Crippen molar-refractivity contribution >= 4 is 15.9 Å². The summed E-state index contributed by atoms with van der Waals surface area (Å²) in [6, 6.07) is 4.15. The Labute approximate surface area is 100 Å². The Bertz CT molecular complexity index is 493. The SMILES string of the molecule is OC(c1cncnc1)c1cc(F)ccc1Br. The molecule has 5 heteroatoms. The second-order valence-corrected chi connectivity index (χ2v) is 4.09. The van der Waals surface area contributed by atoms with Crippen LogP contribution in [0.25, 0.3) is 0 Å². The van der Waals surface area contributed by atoms with E-state index in [1.54, 1.807) is 6.07 Å². The Morgan fingerprint density at radius 1 is 1.25 bits per heavy atom. The van der Waals surface area contributed by atoms with E-state index in [1.165, 1.54) is 30.9 Å². The molecule has 0 saturated heterocycles. The van der Waals surface area contributed by atoms with Crippen LogP contribution in [-0.4, -0.2) is 15.1 Å². The quantitative estimate of drug-likeness (QED) is 0.920. The highest BCUT2D eigenvalue weighted by atomic mass is 79.9. The number of hydrogen-bond acceptors (Lipinski definition) is 3. The van der Waals surface area contributed by atoms with Gasteiger partial charge in [-0.05, 0) is 18.2 Å². The zero-order valence-electron chi connectivity index (χ0n) is 8.14. The summed E-state index contributed by atoms with van der Waals surface area (Å²) >= 11 is 3.26. The first-order valence-corrected chi connectivity index (χ1v) is 5.35. The lowest BCUT2D eigenvalue weighted by Gasteiger charge is -2.12. The van der Waals surface area contributed by atoms with Gasteiger partial charge in [0.25, 0.3) is 0 Å². The summed E-state index contributed by atoms with van der Waals surface area (Å²) in [6.07, 6.45) is 3.42. The lowest BCUT2D eigenvalue weighted by molar-refractivity contribution is 0.218. The molecule has 0 spiro atoms. The van der Waals surface area contributed by atoms with Gasteiger partial charge in [0, 0.05) is 28.0 Å². The largest absolute Gasteiger partial charge is 0.383 e. The fourth-order valence-corrected chi connectivity index (χ4v) is 1.82. The topological polar surface area (TPSA) is 46.0 Å². The first-order chi connectivity index (χ1) is 7.68. The Balaban J connectivity index is 2.41. The van der Waals surface area contributed by atoms with Crippen molar-refractivity contribution in [1.29, 1.82) is 0 Å². The third-order valence-corrected chi connectivity index (χ3v) is 2.87. The van der Waals surface area contributed by atoms with Crippen molar-refractivity contribution in [2.24, 2.45) is 0 Å². The summed E-state index contributed by atoms with van der Waals surface area (Å²) in [5.74, 6) is -0.394. The first kappa shape index (κ1) is 11.2. The molecule has 1 aromatic carbocycles. The molecular weight excluding hydrogens is 275 g/mol. The van der Waals surface area contributed by atoms with E-state index < -0.39 is 11.9 Å². The molecule has 0 amide bonds. The van der Waals surface area contributed by atoms with Crippen LogP contribution in [0.2, 0.25) is 0 Å². The van der Waals surface area contributed by atoms with Gasteiger partial charge in [0.1, 0.15) is 18.2 Å². The third kappa shape index (κ3) is 2.25. The molecular formula is C11H8BrFN2O. The standard InChI is InChI=1S/C11H8BrFN2O/c12-10-2-1-8(13)3-9(10)11(16)7-4-14-6-15-5-7/h1-6,11,16H. The minimum Gasteiger partial charge on any atom is -0.383 e. The van der Waals surface area contributed by atoms with Gasteiger partial charge in [0.2, 0.25) is 0 Å². The second-order valence-electron chi connectivity index (χ2n) is 3.24. The maximum atomic E-state index is 13.1. The fraction of sp³-hybridized carbons (Fsp3) is 0.0909. The monoisotopic (exact) mass is 282 g/mol. The molecule has 0 aliphatic carbocycles. The number of aliphatic hydroxyl groups excluding tert-OH is 1. The minimum absolute atomic E-state index is 0.394. The van der Waals surface area contributed by atoms with E-state index >= 15 is 0 Å². The number of nitrogens with zero attached hydrogens (tertiary/aromatic N) is 2. The molecule has 0 saturated carbocycles. The number of hydrogen-bond donors (Lipinski definition) is 1. The van der Waals surface area contributed by atoms with Crippen LogP contribution in [0.15, 0.2) is 41.4 Å². The van der Waals surface area contributed by atoms with E-state index in [9.17, 15) is 9.50 Å². The maximum absolute atomic E-state index is 13.1. The van der Waals surface area contributed by atoms with Gasteiger partial charge in [-0.15, -0.1) is 0 Å². The van der Waals surface area contributed by atoms with Gasteiger partial charge in [-0.1, -0.05) is 15.9 Å². The van der Waals surface area contributed by atoms with Crippen LogP contribution in [-0.2, 0) is 0 Å². The lowest BCUT2D eigenvalue weighted by atomic mass is 10.0. The van der Waals surface area contributed by atoms with E-state index in [0.717, 1.165) is 0 Å². The molecule has 2 rings (SSSR count). The van der Waals surface area contributed by atoms with Crippen molar-refractivity contribution in [2.75, 3.05) is 0 Å². The molecule has 2 aromatic rings. The number of halogens is 2. The number of benzene rings is 1. The highest BCUT2D eigenvalue weighted by molar-refractivity contribution is 9.10. The van der Waals surface area contributed by atoms with Crippen molar-refractivity contribution in [1.82, 2.24) is 9.97 Å². The molecule has 1 unspecified atom stereocenters. The Morgan fingerprint density at radius 3 is 2.62 bits per heavy atom. The predicted molar refractivity (Wildman–Crippen MR) is 60.2 cm³/mol. The van der Waals surface area contributed by atoms with Gasteiger partial charge in [0.15, 0.2) is 0 Å². The summed E-state index contributed by atoms with van der Waals surface area (Å²) in [6.45, 7) is 0. The van der Waals surface area contributed by atoms with Crippen LogP contribution in [0.4, 0.5) is 4.39 Å². The highest BCUT2D eigenvalue weighted by Gasteiger charge is 2.14. The molecule has 82 valence electrons. The average molecular weight is 283 g/mol. The lowest BCUT2D eigenvalue weighted by Crippen LogP contribution is -2.02. The molecule has 1 N–H and O–H groups in total. The van der Waals surface area contributed by atoms with Crippen LogP contribution in [0.1, 0.15) is 17.2 Å². The van der Waals surface area contributed by atoms with E-state index in [-0.39, 0.29) is 0 Å². The van der Waals surface area contributed by atoms with Crippen molar-refractivity contribution < 1.29 is 9.50 Å². The average Bonchev–Trinajstić information content (AvgIpc) is 2.32. The Morgan fingerprint density at radius 2 is 1.94 bits per heavy atom. The summed E-state index contributed by atoms with van der Waals surface area (Å²) in [4.78, 5) is 7.61. The molecule has 3 nitrogen and oxygen atoms in total. The highest BCUT2D eigenvalue weighted by Crippen LogP contribution is 2.28. The van der Waals surface area contributed by atoms with E-state index in [2.05, 4.69) is 25.9 Å². The summed E-state index contributed by atoms with van der Waals surface area (Å²) < 4.78 is 13.7. The molecule has 16 heavy (non-hydrogen) atoms. The maximum Gasteiger partial charge on any atom is 0.123 e. The van der Waals surface area contributed by atoms with Crippen molar-refractivity contribution in [3.8, 4) is 0 Å². The molecule has 1 aromatic heterocycles. The summed E-state index contributed by atoms with van der Waals surface area (Å²) in [7, 11) is 0. The van der Waals surface area contributed by atoms with Gasteiger partial charge in [0.05, 0.1) is 0 Å². The van der Waals surface area contributed by atoms with E-state index in [1.807, 2.05) is 0 Å². The summed E-state index contributed by atoms with van der Waals surface area (Å²) in [5, 5.41) is 10.0. The summed E-state index contributed by atoms with van der Waals surface area (Å²) in [5.41, 5.74) is 0.976. The minimum atomic E-state index is -0.939. The van der Waals surface area contributed by atoms with Crippen molar-refractivity contribution in [2.45, 2.75) is 6.10 Å².